The second-order valence-electron chi connectivity index (χ2n) is 6.16. The molecule has 1 unspecified atom stereocenters. The van der Waals surface area contributed by atoms with E-state index in [1.54, 1.807) is 6.21 Å². The minimum Gasteiger partial charge on any atom is -0.326 e. The van der Waals surface area contributed by atoms with E-state index in [4.69, 9.17) is 0 Å². The van der Waals surface area contributed by atoms with Crippen LogP contribution in [-0.4, -0.2) is 28.4 Å². The number of hydrogen-bond acceptors (Lipinski definition) is 5. The van der Waals surface area contributed by atoms with Crippen LogP contribution in [0.4, 0.5) is 5.69 Å². The summed E-state index contributed by atoms with van der Waals surface area (Å²) in [6.45, 7) is 3.95. The molecule has 1 atom stereocenters. The van der Waals surface area contributed by atoms with Crippen molar-refractivity contribution in [3.8, 4) is 0 Å². The molecule has 3 rings (SSSR count). The fourth-order valence-electron chi connectivity index (χ4n) is 2.53. The van der Waals surface area contributed by atoms with Gasteiger partial charge in [-0.3, -0.25) is 9.59 Å². The van der Waals surface area contributed by atoms with Crippen molar-refractivity contribution in [2.45, 2.75) is 25.5 Å². The Bertz CT molecular complexity index is 909. The monoisotopic (exact) mass is 380 g/mol. The Kier molecular flexibility index (Phi) is 6.03. The Morgan fingerprint density at radius 2 is 1.96 bits per heavy atom. The average molecular weight is 380 g/mol. The molecule has 0 aliphatic carbocycles. The second kappa shape index (κ2) is 8.64. The Hall–Kier alpha value is -2.93. The predicted octanol–water partition coefficient (Wildman–Crippen LogP) is 3.25. The molecule has 1 aliphatic rings. The number of aryl methyl sites for hydroxylation is 1. The lowest BCUT2D eigenvalue weighted by Crippen LogP contribution is -2.28. The highest BCUT2D eigenvalue weighted by molar-refractivity contribution is 8.15. The minimum atomic E-state index is -0.513. The zero-order chi connectivity index (χ0) is 19.2. The van der Waals surface area contributed by atoms with Gasteiger partial charge in [0.25, 0.3) is 0 Å². The first-order chi connectivity index (χ1) is 13.0. The lowest BCUT2D eigenvalue weighted by atomic mass is 10.1. The van der Waals surface area contributed by atoms with Gasteiger partial charge in [-0.05, 0) is 36.6 Å². The molecule has 0 saturated carbocycles. The predicted molar refractivity (Wildman–Crippen MR) is 110 cm³/mol. The van der Waals surface area contributed by atoms with Crippen LogP contribution in [0.3, 0.4) is 0 Å². The highest BCUT2D eigenvalue weighted by Gasteiger charge is 2.32. The molecule has 138 valence electrons. The maximum Gasteiger partial charge on any atom is 0.240 e. The lowest BCUT2D eigenvalue weighted by Gasteiger charge is -2.11. The topological polar surface area (TPSA) is 82.9 Å². The lowest BCUT2D eigenvalue weighted by molar-refractivity contribution is -0.122. The van der Waals surface area contributed by atoms with Crippen LogP contribution in [0, 0.1) is 13.8 Å². The Morgan fingerprint density at radius 3 is 2.74 bits per heavy atom. The quantitative estimate of drug-likeness (QED) is 0.617. The molecule has 1 fully saturated rings. The van der Waals surface area contributed by atoms with Crippen molar-refractivity contribution in [1.29, 1.82) is 0 Å². The van der Waals surface area contributed by atoms with Crippen molar-refractivity contribution >= 4 is 40.6 Å². The van der Waals surface area contributed by atoms with E-state index in [1.165, 1.54) is 11.8 Å². The van der Waals surface area contributed by atoms with Crippen molar-refractivity contribution in [3.05, 3.63) is 65.2 Å². The van der Waals surface area contributed by atoms with Gasteiger partial charge in [0, 0.05) is 12.1 Å². The van der Waals surface area contributed by atoms with Crippen LogP contribution >= 0.6 is 11.8 Å². The largest absolute Gasteiger partial charge is 0.326 e. The van der Waals surface area contributed by atoms with E-state index in [0.717, 1.165) is 22.4 Å². The first-order valence-electron chi connectivity index (χ1n) is 8.52. The number of amidine groups is 1. The molecule has 2 aromatic rings. The average Bonchev–Trinajstić information content (AvgIpc) is 2.99. The molecule has 1 aliphatic heterocycles. The van der Waals surface area contributed by atoms with Gasteiger partial charge < -0.3 is 10.6 Å². The number of rotatable bonds is 5. The minimum absolute atomic E-state index is 0.0747. The Labute approximate surface area is 162 Å². The zero-order valence-corrected chi connectivity index (χ0v) is 15.9. The molecule has 2 amide bonds. The first-order valence-corrected chi connectivity index (χ1v) is 9.40. The van der Waals surface area contributed by atoms with Gasteiger partial charge in [-0.25, -0.2) is 0 Å². The van der Waals surface area contributed by atoms with Gasteiger partial charge in [0.05, 0.1) is 6.21 Å². The fraction of sp³-hybridized carbons (Fsp3) is 0.200. The maximum absolute atomic E-state index is 12.3. The molecule has 0 bridgehead atoms. The highest BCUT2D eigenvalue weighted by Crippen LogP contribution is 2.24. The van der Waals surface area contributed by atoms with Gasteiger partial charge in [0.2, 0.25) is 11.8 Å². The van der Waals surface area contributed by atoms with Gasteiger partial charge >= 0.3 is 0 Å². The van der Waals surface area contributed by atoms with Gasteiger partial charge in [0.1, 0.15) is 5.25 Å². The van der Waals surface area contributed by atoms with Crippen molar-refractivity contribution in [2.75, 3.05) is 5.32 Å². The molecule has 7 heteroatoms. The van der Waals surface area contributed by atoms with Crippen molar-refractivity contribution in [2.24, 2.45) is 10.2 Å². The third-order valence-corrected chi connectivity index (χ3v) is 5.25. The molecule has 6 nitrogen and oxygen atoms in total. The number of nitrogens with zero attached hydrogens (tertiary/aromatic N) is 2. The third kappa shape index (κ3) is 5.04. The van der Waals surface area contributed by atoms with E-state index in [2.05, 4.69) is 20.8 Å². The molecule has 0 radical (unpaired) electrons. The number of anilines is 1. The van der Waals surface area contributed by atoms with Gasteiger partial charge in [-0.15, -0.1) is 5.10 Å². The van der Waals surface area contributed by atoms with E-state index in [0.29, 0.717) is 5.17 Å². The summed E-state index contributed by atoms with van der Waals surface area (Å²) < 4.78 is 0. The third-order valence-electron chi connectivity index (χ3n) is 4.18. The summed E-state index contributed by atoms with van der Waals surface area (Å²) >= 11 is 1.21. The number of benzene rings is 2. The van der Waals surface area contributed by atoms with E-state index in [-0.39, 0.29) is 18.2 Å². The molecule has 2 aromatic carbocycles. The summed E-state index contributed by atoms with van der Waals surface area (Å²) in [6.07, 6.45) is 1.69. The van der Waals surface area contributed by atoms with Crippen LogP contribution in [0.25, 0.3) is 0 Å². The molecule has 1 saturated heterocycles. The number of hydrogen-bond donors (Lipinski definition) is 2. The van der Waals surface area contributed by atoms with Crippen molar-refractivity contribution in [1.82, 2.24) is 5.32 Å². The van der Waals surface area contributed by atoms with E-state index in [1.807, 2.05) is 62.4 Å². The van der Waals surface area contributed by atoms with Crippen LogP contribution in [0.2, 0.25) is 0 Å². The smallest absolute Gasteiger partial charge is 0.240 e. The van der Waals surface area contributed by atoms with E-state index >= 15 is 0 Å². The fourth-order valence-corrected chi connectivity index (χ4v) is 3.45. The highest BCUT2D eigenvalue weighted by atomic mass is 32.2. The molecule has 0 spiro atoms. The van der Waals surface area contributed by atoms with Gasteiger partial charge in [-0.1, -0.05) is 54.2 Å². The van der Waals surface area contributed by atoms with Crippen LogP contribution in [0.5, 0.6) is 0 Å². The molecular formula is C20H20N4O2S. The van der Waals surface area contributed by atoms with Crippen LogP contribution in [-0.2, 0) is 9.59 Å². The normalized spacial score (nSPS) is 18.1. The zero-order valence-electron chi connectivity index (χ0n) is 15.1. The van der Waals surface area contributed by atoms with Crippen LogP contribution < -0.4 is 10.6 Å². The molecule has 1 heterocycles. The number of carbonyl (C=O) groups is 2. The summed E-state index contributed by atoms with van der Waals surface area (Å²) in [7, 11) is 0. The Balaban J connectivity index is 1.57. The standard InChI is InChI=1S/C20H20N4O2S/c1-13-7-6-10-16(14(13)2)22-18(25)11-17-19(26)23-20(27-17)24-21-12-15-8-4-3-5-9-15/h3-10,12,17H,11H2,1-2H3,(H,22,25)(H,23,24,26)/b21-12-. The van der Waals surface area contributed by atoms with Gasteiger partial charge in [-0.2, -0.15) is 5.10 Å². The molecular weight excluding hydrogens is 360 g/mol. The molecule has 2 N–H and O–H groups in total. The number of amides is 2. The van der Waals surface area contributed by atoms with E-state index in [9.17, 15) is 9.59 Å². The summed E-state index contributed by atoms with van der Waals surface area (Å²) in [5.41, 5.74) is 3.81. The maximum atomic E-state index is 12.3. The number of carbonyl (C=O) groups excluding carboxylic acids is 2. The molecule has 27 heavy (non-hydrogen) atoms. The van der Waals surface area contributed by atoms with Crippen molar-refractivity contribution < 1.29 is 9.59 Å². The number of thioether (sulfide) groups is 1. The SMILES string of the molecule is Cc1cccc(NC(=O)CC2S/C(=N/N=C\c3ccccc3)NC2=O)c1C. The van der Waals surface area contributed by atoms with E-state index < -0.39 is 5.25 Å². The summed E-state index contributed by atoms with van der Waals surface area (Å²) in [5, 5.41) is 13.4. The van der Waals surface area contributed by atoms with Crippen LogP contribution in [0.15, 0.2) is 58.7 Å². The van der Waals surface area contributed by atoms with Crippen molar-refractivity contribution in [3.63, 3.8) is 0 Å². The first kappa shape index (κ1) is 18.8. The van der Waals surface area contributed by atoms with Crippen LogP contribution in [0.1, 0.15) is 23.1 Å². The van der Waals surface area contributed by atoms with Gasteiger partial charge in [0.15, 0.2) is 5.17 Å². The summed E-state index contributed by atoms with van der Waals surface area (Å²) in [6, 6.07) is 15.3. The molecule has 0 aromatic heterocycles. The summed E-state index contributed by atoms with van der Waals surface area (Å²) in [5.74, 6) is -0.435. The summed E-state index contributed by atoms with van der Waals surface area (Å²) in [4.78, 5) is 24.4. The second-order valence-corrected chi connectivity index (χ2v) is 7.35. The number of nitrogens with one attached hydrogen (secondary N) is 2. The Morgan fingerprint density at radius 1 is 1.19 bits per heavy atom.